The highest BCUT2D eigenvalue weighted by molar-refractivity contribution is 7.12. The number of thiophene rings is 1. The van der Waals surface area contributed by atoms with E-state index in [4.69, 9.17) is 0 Å². The quantitative estimate of drug-likeness (QED) is 0.669. The number of carbonyl (C=O) groups excluding carboxylic acids is 1. The van der Waals surface area contributed by atoms with E-state index in [1.807, 2.05) is 60.0 Å². The molecule has 0 N–H and O–H groups in total. The summed E-state index contributed by atoms with van der Waals surface area (Å²) >= 11 is 1.45. The van der Waals surface area contributed by atoms with Gasteiger partial charge in [-0.2, -0.15) is 0 Å². The molecule has 0 unspecified atom stereocenters. The van der Waals surface area contributed by atoms with Crippen molar-refractivity contribution in [2.75, 3.05) is 0 Å². The Labute approximate surface area is 115 Å². The van der Waals surface area contributed by atoms with Crippen molar-refractivity contribution in [2.24, 2.45) is 0 Å². The van der Waals surface area contributed by atoms with Gasteiger partial charge in [-0.25, -0.2) is 0 Å². The van der Waals surface area contributed by atoms with Crippen LogP contribution in [0.25, 0.3) is 11.3 Å². The van der Waals surface area contributed by atoms with Crippen molar-refractivity contribution in [2.45, 2.75) is 0 Å². The van der Waals surface area contributed by atoms with Crippen molar-refractivity contribution in [3.8, 4) is 11.3 Å². The molecule has 0 saturated carbocycles. The Bertz CT molecular complexity index is 673. The minimum absolute atomic E-state index is 0.0297. The highest BCUT2D eigenvalue weighted by Gasteiger charge is 2.10. The maximum Gasteiger partial charge on any atom is 0.204 e. The van der Waals surface area contributed by atoms with Crippen LogP contribution in [0, 0.1) is 0 Å². The van der Waals surface area contributed by atoms with E-state index in [0.717, 1.165) is 16.1 Å². The summed E-state index contributed by atoms with van der Waals surface area (Å²) in [4.78, 5) is 17.2. The van der Waals surface area contributed by atoms with Gasteiger partial charge in [-0.15, -0.1) is 11.3 Å². The summed E-state index contributed by atoms with van der Waals surface area (Å²) < 4.78 is 0. The number of rotatable bonds is 3. The Morgan fingerprint density at radius 3 is 2.42 bits per heavy atom. The van der Waals surface area contributed by atoms with Crippen LogP contribution in [0.5, 0.6) is 0 Å². The molecular weight excluding hydrogens is 254 g/mol. The summed E-state index contributed by atoms with van der Waals surface area (Å²) in [5.41, 5.74) is 2.56. The third-order valence-electron chi connectivity index (χ3n) is 2.84. The number of benzene rings is 1. The lowest BCUT2D eigenvalue weighted by atomic mass is 10.1. The second-order valence-corrected chi connectivity index (χ2v) is 5.05. The fraction of sp³-hybridized carbons (Fsp3) is 0. The third kappa shape index (κ3) is 2.46. The predicted molar refractivity (Wildman–Crippen MR) is 77.4 cm³/mol. The minimum Gasteiger partial charge on any atom is -0.288 e. The maximum absolute atomic E-state index is 12.1. The molecular formula is C16H11NOS. The molecule has 3 rings (SSSR count). The van der Waals surface area contributed by atoms with Gasteiger partial charge < -0.3 is 0 Å². The van der Waals surface area contributed by atoms with Gasteiger partial charge in [0.1, 0.15) is 0 Å². The molecule has 0 saturated heterocycles. The molecule has 0 radical (unpaired) electrons. The highest BCUT2D eigenvalue weighted by Crippen LogP contribution is 2.19. The molecule has 0 spiro atoms. The zero-order valence-corrected chi connectivity index (χ0v) is 10.9. The molecule has 1 aromatic carbocycles. The molecule has 0 aliphatic rings. The van der Waals surface area contributed by atoms with Gasteiger partial charge in [0.15, 0.2) is 0 Å². The Hall–Kier alpha value is -2.26. The van der Waals surface area contributed by atoms with Gasteiger partial charge in [0.25, 0.3) is 0 Å². The zero-order chi connectivity index (χ0) is 13.1. The predicted octanol–water partition coefficient (Wildman–Crippen LogP) is 4.04. The smallest absolute Gasteiger partial charge is 0.204 e. The average molecular weight is 265 g/mol. The van der Waals surface area contributed by atoms with Crippen molar-refractivity contribution >= 4 is 17.1 Å². The van der Waals surface area contributed by atoms with Crippen LogP contribution in [-0.4, -0.2) is 10.8 Å². The number of ketones is 1. The number of carbonyl (C=O) groups is 1. The topological polar surface area (TPSA) is 30.0 Å². The van der Waals surface area contributed by atoms with Crippen molar-refractivity contribution in [3.63, 3.8) is 0 Å². The van der Waals surface area contributed by atoms with Crippen LogP contribution >= 0.6 is 11.3 Å². The Balaban J connectivity index is 1.90. The van der Waals surface area contributed by atoms with E-state index in [1.165, 1.54) is 11.3 Å². The van der Waals surface area contributed by atoms with Crippen LogP contribution in [0.4, 0.5) is 0 Å². The lowest BCUT2D eigenvalue weighted by molar-refractivity contribution is 0.104. The molecule has 0 bridgehead atoms. The summed E-state index contributed by atoms with van der Waals surface area (Å²) in [6.07, 6.45) is 1.64. The van der Waals surface area contributed by atoms with E-state index < -0.39 is 0 Å². The van der Waals surface area contributed by atoms with Crippen LogP contribution in [0.2, 0.25) is 0 Å². The number of pyridine rings is 1. The molecule has 2 aromatic heterocycles. The van der Waals surface area contributed by atoms with Crippen LogP contribution in [0.3, 0.4) is 0 Å². The molecule has 19 heavy (non-hydrogen) atoms. The van der Waals surface area contributed by atoms with Gasteiger partial charge in [0.2, 0.25) is 5.78 Å². The van der Waals surface area contributed by atoms with Crippen LogP contribution in [0.1, 0.15) is 15.2 Å². The second-order valence-electron chi connectivity index (χ2n) is 4.10. The molecule has 3 aromatic rings. The van der Waals surface area contributed by atoms with Crippen molar-refractivity contribution in [1.82, 2.24) is 4.98 Å². The first-order chi connectivity index (χ1) is 9.34. The van der Waals surface area contributed by atoms with Gasteiger partial charge in [0, 0.05) is 17.3 Å². The normalized spacial score (nSPS) is 10.3. The standard InChI is InChI=1S/C16H11NOS/c18-16(15-7-4-10-19-15)13-8-9-14(17-11-13)12-5-2-1-3-6-12/h1-11H. The zero-order valence-electron chi connectivity index (χ0n) is 10.1. The molecule has 0 aliphatic heterocycles. The summed E-state index contributed by atoms with van der Waals surface area (Å²) in [7, 11) is 0. The molecule has 0 amide bonds. The first kappa shape index (κ1) is 11.8. The Kier molecular flexibility index (Phi) is 3.21. The number of hydrogen-bond acceptors (Lipinski definition) is 3. The van der Waals surface area contributed by atoms with Gasteiger partial charge in [-0.1, -0.05) is 36.4 Å². The summed E-state index contributed by atoms with van der Waals surface area (Å²) in [5, 5.41) is 1.90. The summed E-state index contributed by atoms with van der Waals surface area (Å²) in [6.45, 7) is 0. The second kappa shape index (κ2) is 5.16. The van der Waals surface area contributed by atoms with Gasteiger partial charge in [-0.3, -0.25) is 9.78 Å². The largest absolute Gasteiger partial charge is 0.288 e. The maximum atomic E-state index is 12.1. The molecule has 2 nitrogen and oxygen atoms in total. The van der Waals surface area contributed by atoms with E-state index >= 15 is 0 Å². The summed E-state index contributed by atoms with van der Waals surface area (Å²) in [6, 6.07) is 17.4. The van der Waals surface area contributed by atoms with Crippen LogP contribution in [-0.2, 0) is 0 Å². The number of hydrogen-bond donors (Lipinski definition) is 0. The van der Waals surface area contributed by atoms with Gasteiger partial charge in [0.05, 0.1) is 10.6 Å². The van der Waals surface area contributed by atoms with E-state index in [2.05, 4.69) is 4.98 Å². The first-order valence-electron chi connectivity index (χ1n) is 5.94. The first-order valence-corrected chi connectivity index (χ1v) is 6.82. The lowest BCUT2D eigenvalue weighted by Crippen LogP contribution is -1.99. The SMILES string of the molecule is O=C(c1ccc(-c2ccccc2)nc1)c1cccs1. The van der Waals surface area contributed by atoms with E-state index in [0.29, 0.717) is 5.56 Å². The fourth-order valence-corrected chi connectivity index (χ4v) is 2.54. The molecule has 0 fully saturated rings. The lowest BCUT2D eigenvalue weighted by Gasteiger charge is -2.02. The van der Waals surface area contributed by atoms with E-state index in [9.17, 15) is 4.79 Å². The molecule has 2 heterocycles. The van der Waals surface area contributed by atoms with Gasteiger partial charge in [-0.05, 0) is 23.6 Å². The van der Waals surface area contributed by atoms with E-state index in [-0.39, 0.29) is 5.78 Å². The van der Waals surface area contributed by atoms with Crippen LogP contribution in [0.15, 0.2) is 66.2 Å². The van der Waals surface area contributed by atoms with Crippen molar-refractivity contribution in [1.29, 1.82) is 0 Å². The highest BCUT2D eigenvalue weighted by atomic mass is 32.1. The number of aromatic nitrogens is 1. The fourth-order valence-electron chi connectivity index (χ4n) is 1.86. The average Bonchev–Trinajstić information content (AvgIpc) is 3.02. The van der Waals surface area contributed by atoms with Crippen molar-refractivity contribution < 1.29 is 4.79 Å². The molecule has 0 aliphatic carbocycles. The molecule has 3 heteroatoms. The number of nitrogens with zero attached hydrogens (tertiary/aromatic N) is 1. The minimum atomic E-state index is 0.0297. The van der Waals surface area contributed by atoms with Crippen LogP contribution < -0.4 is 0 Å². The monoisotopic (exact) mass is 265 g/mol. The van der Waals surface area contributed by atoms with Gasteiger partial charge >= 0.3 is 0 Å². The van der Waals surface area contributed by atoms with Crippen molar-refractivity contribution in [3.05, 3.63) is 76.6 Å². The molecule has 0 atom stereocenters. The molecule has 92 valence electrons. The third-order valence-corrected chi connectivity index (χ3v) is 3.71. The van der Waals surface area contributed by atoms with E-state index in [1.54, 1.807) is 6.20 Å². The summed E-state index contributed by atoms with van der Waals surface area (Å²) in [5.74, 6) is 0.0297. The Morgan fingerprint density at radius 1 is 0.947 bits per heavy atom. The Morgan fingerprint density at radius 2 is 1.79 bits per heavy atom.